The van der Waals surface area contributed by atoms with E-state index in [1.54, 1.807) is 18.2 Å². The van der Waals surface area contributed by atoms with Crippen molar-refractivity contribution in [3.05, 3.63) is 63.1 Å². The van der Waals surface area contributed by atoms with E-state index in [0.29, 0.717) is 58.0 Å². The second-order valence-electron chi connectivity index (χ2n) is 14.0. The highest BCUT2D eigenvalue weighted by Gasteiger charge is 2.58. The molecule has 7 atom stereocenters. The van der Waals surface area contributed by atoms with Gasteiger partial charge >= 0.3 is 0 Å². The number of alkyl halides is 1. The molecule has 4 bridgehead atoms. The summed E-state index contributed by atoms with van der Waals surface area (Å²) in [6, 6.07) is 11.4. The number of nitriles is 1. The van der Waals surface area contributed by atoms with E-state index in [1.807, 2.05) is 17.9 Å². The van der Waals surface area contributed by atoms with Gasteiger partial charge in [-0.1, -0.05) is 35.3 Å². The number of amides is 1. The number of hydrogen-bond acceptors (Lipinski definition) is 4. The number of hydrogen-bond donors (Lipinski definition) is 1. The van der Waals surface area contributed by atoms with Crippen molar-refractivity contribution in [3.8, 4) is 17.2 Å². The summed E-state index contributed by atoms with van der Waals surface area (Å²) in [5.74, 6) is -0.179. The number of piperidine rings is 1. The molecule has 5 heterocycles. The fourth-order valence-corrected chi connectivity index (χ4v) is 9.66. The molecule has 10 rings (SSSR count). The minimum Gasteiger partial charge on any atom is -0.337 e. The molecule has 6 fully saturated rings. The lowest BCUT2D eigenvalue weighted by Crippen LogP contribution is -2.46. The first-order valence-electron chi connectivity index (χ1n) is 16.4. The van der Waals surface area contributed by atoms with Crippen LogP contribution in [0.4, 0.5) is 8.78 Å². The molecule has 0 spiro atoms. The highest BCUT2D eigenvalue weighted by molar-refractivity contribution is 6.43. The van der Waals surface area contributed by atoms with E-state index < -0.39 is 12.0 Å². The molecule has 2 aromatic heterocycles. The van der Waals surface area contributed by atoms with Gasteiger partial charge < -0.3 is 14.8 Å². The first kappa shape index (κ1) is 28.9. The van der Waals surface area contributed by atoms with Crippen molar-refractivity contribution in [3.63, 3.8) is 0 Å². The Morgan fingerprint density at radius 2 is 2.00 bits per heavy atom. The number of carbonyl (C=O) groups is 1. The molecule has 4 aromatic rings. The van der Waals surface area contributed by atoms with Gasteiger partial charge in [-0.2, -0.15) is 5.26 Å². The number of fused-ring (bicyclic) bond motifs is 6. The molecule has 3 aliphatic heterocycles. The van der Waals surface area contributed by atoms with Crippen LogP contribution in [0.1, 0.15) is 67.6 Å². The van der Waals surface area contributed by atoms with Crippen LogP contribution in [0.15, 0.2) is 30.3 Å². The van der Waals surface area contributed by atoms with Crippen molar-refractivity contribution in [1.82, 2.24) is 19.8 Å². The number of aryl methyl sites for hydroxylation is 2. The normalized spacial score (nSPS) is 29.6. The quantitative estimate of drug-likeness (QED) is 0.228. The second kappa shape index (κ2) is 10.4. The van der Waals surface area contributed by atoms with Crippen LogP contribution in [-0.4, -0.2) is 45.2 Å². The van der Waals surface area contributed by atoms with E-state index >= 15 is 8.78 Å². The molecule has 0 unspecified atom stereocenters. The molecule has 3 saturated carbocycles. The highest BCUT2D eigenvalue weighted by Crippen LogP contribution is 2.57. The van der Waals surface area contributed by atoms with Crippen LogP contribution in [0.25, 0.3) is 32.9 Å². The topological polar surface area (TPSA) is 74.0 Å². The first-order chi connectivity index (χ1) is 22.3. The SMILES string of the molecule is Cc1nc2c(F)c(-c3cccc(Cl)c3Cl)c(CCC#N)cc2c2c1cc([C@H]1[C@H]3C[C@H](C[C@@H]3F)N1C(=O)C1CC1)n2[C@H]1[C@H]2CN[C@@H]1C2. The standard InChI is InChI=1S/C36H33Cl2F2N5O/c1-16-22-14-28(35-23-12-20(13-26(23)39)44(35)36(46)17-7-8-17)45(33-19-11-27(33)42-15-19)34(22)24-10-18(4-3-9-41)29(31(40)32(24)43-16)21-5-2-6-25(37)30(21)38/h2,5-6,10,14,17,19-20,23,26-27,33,35,42H,3-4,7-8,11-13,15H2,1H3/t19-,20-,23+,26+,27-,33+,35-/m1/s1. The Hall–Kier alpha value is -3.25. The summed E-state index contributed by atoms with van der Waals surface area (Å²) in [7, 11) is 0. The third-order valence-electron chi connectivity index (χ3n) is 11.5. The lowest BCUT2D eigenvalue weighted by molar-refractivity contribution is -0.138. The molecular weight excluding hydrogens is 627 g/mol. The maximum atomic E-state index is 17.0. The number of nitrogens with zero attached hydrogens (tertiary/aromatic N) is 4. The Morgan fingerprint density at radius 3 is 2.72 bits per heavy atom. The fourth-order valence-electron chi connectivity index (χ4n) is 9.27. The zero-order chi connectivity index (χ0) is 31.6. The number of aromatic nitrogens is 2. The maximum Gasteiger partial charge on any atom is 0.226 e. The average Bonchev–Trinajstić information content (AvgIpc) is 3.39. The Labute approximate surface area is 275 Å². The summed E-state index contributed by atoms with van der Waals surface area (Å²) in [4.78, 5) is 20.7. The number of rotatable bonds is 6. The summed E-state index contributed by atoms with van der Waals surface area (Å²) in [5, 5.41) is 15.3. The minimum atomic E-state index is -0.961. The van der Waals surface area contributed by atoms with E-state index in [4.69, 9.17) is 28.2 Å². The molecule has 3 saturated heterocycles. The van der Waals surface area contributed by atoms with Crippen LogP contribution < -0.4 is 5.32 Å². The zero-order valence-electron chi connectivity index (χ0n) is 25.4. The van der Waals surface area contributed by atoms with Gasteiger partial charge in [0.1, 0.15) is 11.7 Å². The molecule has 46 heavy (non-hydrogen) atoms. The zero-order valence-corrected chi connectivity index (χ0v) is 26.9. The number of halogens is 4. The van der Waals surface area contributed by atoms with Crippen LogP contribution >= 0.6 is 23.2 Å². The molecule has 1 amide bonds. The van der Waals surface area contributed by atoms with E-state index in [9.17, 15) is 10.1 Å². The van der Waals surface area contributed by atoms with E-state index in [-0.39, 0.29) is 58.9 Å². The molecule has 236 valence electrons. The molecular formula is C36H33Cl2F2N5O. The summed E-state index contributed by atoms with van der Waals surface area (Å²) < 4.78 is 35.0. The Morgan fingerprint density at radius 1 is 1.17 bits per heavy atom. The maximum absolute atomic E-state index is 17.0. The minimum absolute atomic E-state index is 0.0389. The molecule has 3 aliphatic carbocycles. The lowest BCUT2D eigenvalue weighted by Gasteiger charge is -2.42. The number of nitrogens with one attached hydrogen (secondary N) is 1. The lowest BCUT2D eigenvalue weighted by atomic mass is 9.79. The third kappa shape index (κ3) is 4.01. The summed E-state index contributed by atoms with van der Waals surface area (Å²) in [6.45, 7) is 2.79. The van der Waals surface area contributed by atoms with Crippen molar-refractivity contribution >= 4 is 50.9 Å². The second-order valence-corrected chi connectivity index (χ2v) is 14.8. The van der Waals surface area contributed by atoms with Gasteiger partial charge in [0.15, 0.2) is 5.82 Å². The van der Waals surface area contributed by atoms with Crippen LogP contribution in [-0.2, 0) is 11.2 Å². The van der Waals surface area contributed by atoms with Gasteiger partial charge in [-0.05, 0) is 75.1 Å². The number of pyridine rings is 1. The third-order valence-corrected chi connectivity index (χ3v) is 12.3. The Bertz CT molecular complexity index is 2000. The van der Waals surface area contributed by atoms with Gasteiger partial charge in [0.05, 0.1) is 33.7 Å². The van der Waals surface area contributed by atoms with Crippen LogP contribution in [0.5, 0.6) is 0 Å². The fraction of sp³-hybridized carbons (Fsp3) is 0.472. The summed E-state index contributed by atoms with van der Waals surface area (Å²) >= 11 is 13.0. The average molecular weight is 661 g/mol. The van der Waals surface area contributed by atoms with Gasteiger partial charge in [-0.25, -0.2) is 13.8 Å². The van der Waals surface area contributed by atoms with Crippen molar-refractivity contribution < 1.29 is 13.6 Å². The van der Waals surface area contributed by atoms with Crippen molar-refractivity contribution in [1.29, 1.82) is 5.26 Å². The molecule has 6 nitrogen and oxygen atoms in total. The Balaban J connectivity index is 1.33. The van der Waals surface area contributed by atoms with Crippen LogP contribution in [0.2, 0.25) is 10.0 Å². The highest BCUT2D eigenvalue weighted by atomic mass is 35.5. The predicted octanol–water partition coefficient (Wildman–Crippen LogP) is 8.01. The summed E-state index contributed by atoms with van der Waals surface area (Å²) in [5.41, 5.74) is 4.14. The largest absolute Gasteiger partial charge is 0.337 e. The molecule has 10 heteroatoms. The van der Waals surface area contributed by atoms with Gasteiger partial charge in [0.2, 0.25) is 5.91 Å². The smallest absolute Gasteiger partial charge is 0.226 e. The number of benzene rings is 2. The number of carbonyl (C=O) groups excluding carboxylic acids is 1. The number of likely N-dealkylation sites (tertiary alicyclic amines) is 1. The molecule has 2 aromatic carbocycles. The van der Waals surface area contributed by atoms with Crippen molar-refractivity contribution in [2.75, 3.05) is 6.54 Å². The monoisotopic (exact) mass is 659 g/mol. The molecule has 6 aliphatic rings. The van der Waals surface area contributed by atoms with E-state index in [0.717, 1.165) is 42.4 Å². The first-order valence-corrected chi connectivity index (χ1v) is 17.2. The summed E-state index contributed by atoms with van der Waals surface area (Å²) in [6.07, 6.45) is 3.49. The van der Waals surface area contributed by atoms with Crippen LogP contribution in [0, 0.1) is 41.8 Å². The van der Waals surface area contributed by atoms with E-state index in [1.165, 1.54) is 0 Å². The van der Waals surface area contributed by atoms with Crippen molar-refractivity contribution in [2.24, 2.45) is 17.8 Å². The molecule has 0 radical (unpaired) electrons. The van der Waals surface area contributed by atoms with E-state index in [2.05, 4.69) is 22.0 Å². The van der Waals surface area contributed by atoms with Crippen molar-refractivity contribution in [2.45, 2.75) is 82.2 Å². The molecule has 1 N–H and O–H groups in total. The van der Waals surface area contributed by atoms with Crippen LogP contribution in [0.3, 0.4) is 0 Å². The van der Waals surface area contributed by atoms with Gasteiger partial charge in [-0.3, -0.25) is 4.79 Å². The van der Waals surface area contributed by atoms with Gasteiger partial charge in [-0.15, -0.1) is 0 Å². The van der Waals surface area contributed by atoms with Gasteiger partial charge in [0.25, 0.3) is 0 Å². The van der Waals surface area contributed by atoms with Gasteiger partial charge in [0, 0.05) is 70.2 Å². The Kier molecular flexibility index (Phi) is 6.52. The predicted molar refractivity (Wildman–Crippen MR) is 174 cm³/mol.